The molecule has 0 saturated heterocycles. The van der Waals surface area contributed by atoms with E-state index in [0.29, 0.717) is 12.6 Å². The molecule has 1 aromatic heterocycles. The Bertz CT molecular complexity index is 361. The molecule has 0 saturated carbocycles. The lowest BCUT2D eigenvalue weighted by Crippen LogP contribution is -2.28. The summed E-state index contributed by atoms with van der Waals surface area (Å²) in [5.74, 6) is 1.02. The number of methoxy groups -OCH3 is 1. The minimum atomic E-state index is 0.473. The molecule has 1 heterocycles. The normalized spacial score (nSPS) is 11.4. The Balaban J connectivity index is 2.57. The van der Waals surface area contributed by atoms with Crippen molar-refractivity contribution in [1.82, 2.24) is 10.2 Å². The molecule has 0 atom stereocenters. The number of furan rings is 1. The summed E-state index contributed by atoms with van der Waals surface area (Å²) in [6.45, 7) is 12.1. The molecule has 0 aliphatic heterocycles. The van der Waals surface area contributed by atoms with E-state index >= 15 is 0 Å². The molecule has 0 aliphatic rings. The largest absolute Gasteiger partial charge is 0.468 e. The first-order valence-corrected chi connectivity index (χ1v) is 6.78. The molecule has 4 nitrogen and oxygen atoms in total. The number of hydrogen-bond acceptors (Lipinski definition) is 4. The van der Waals surface area contributed by atoms with Crippen LogP contribution in [-0.4, -0.2) is 37.7 Å². The summed E-state index contributed by atoms with van der Waals surface area (Å²) in [5.41, 5.74) is 1.22. The molecule has 0 aliphatic carbocycles. The molecule has 1 aromatic rings. The van der Waals surface area contributed by atoms with Gasteiger partial charge < -0.3 is 14.5 Å². The summed E-state index contributed by atoms with van der Waals surface area (Å²) in [7, 11) is 1.72. The fourth-order valence-electron chi connectivity index (χ4n) is 1.82. The Kier molecular flexibility index (Phi) is 7.48. The van der Waals surface area contributed by atoms with Gasteiger partial charge in [0.15, 0.2) is 0 Å². The highest BCUT2D eigenvalue weighted by atomic mass is 16.5. The first-order chi connectivity index (χ1) is 9.17. The van der Waals surface area contributed by atoms with Gasteiger partial charge in [-0.2, -0.15) is 0 Å². The summed E-state index contributed by atoms with van der Waals surface area (Å²) < 4.78 is 10.7. The Morgan fingerprint density at radius 3 is 2.95 bits per heavy atom. The summed E-state index contributed by atoms with van der Waals surface area (Å²) in [4.78, 5) is 2.26. The average Bonchev–Trinajstić information content (AvgIpc) is 2.81. The van der Waals surface area contributed by atoms with Crippen molar-refractivity contribution in [2.24, 2.45) is 0 Å². The van der Waals surface area contributed by atoms with Crippen LogP contribution in [0.2, 0.25) is 0 Å². The molecule has 0 fully saturated rings. The molecule has 0 radical (unpaired) electrons. The van der Waals surface area contributed by atoms with Gasteiger partial charge in [0.1, 0.15) is 5.76 Å². The lowest BCUT2D eigenvalue weighted by molar-refractivity contribution is 0.146. The van der Waals surface area contributed by atoms with Gasteiger partial charge in [-0.25, -0.2) is 0 Å². The second-order valence-electron chi connectivity index (χ2n) is 4.92. The molecule has 1 rings (SSSR count). The van der Waals surface area contributed by atoms with Gasteiger partial charge >= 0.3 is 0 Å². The highest BCUT2D eigenvalue weighted by molar-refractivity contribution is 5.17. The van der Waals surface area contributed by atoms with Crippen molar-refractivity contribution in [2.45, 2.75) is 33.0 Å². The van der Waals surface area contributed by atoms with Crippen LogP contribution in [0.25, 0.3) is 0 Å². The zero-order valence-corrected chi connectivity index (χ0v) is 12.3. The first kappa shape index (κ1) is 16.0. The topological polar surface area (TPSA) is 37.6 Å². The van der Waals surface area contributed by atoms with Gasteiger partial charge in [-0.05, 0) is 6.07 Å². The average molecular weight is 266 g/mol. The van der Waals surface area contributed by atoms with Crippen LogP contribution in [0, 0.1) is 0 Å². The molecule has 0 aromatic carbocycles. The fraction of sp³-hybridized carbons (Fsp3) is 0.600. The number of ether oxygens (including phenoxy) is 1. The van der Waals surface area contributed by atoms with E-state index in [1.54, 1.807) is 13.4 Å². The predicted molar refractivity (Wildman–Crippen MR) is 78.0 cm³/mol. The van der Waals surface area contributed by atoms with Gasteiger partial charge in [0.2, 0.25) is 0 Å². The predicted octanol–water partition coefficient (Wildman–Crippen LogP) is 2.41. The van der Waals surface area contributed by atoms with Crippen molar-refractivity contribution in [1.29, 1.82) is 0 Å². The van der Waals surface area contributed by atoms with E-state index in [1.165, 1.54) is 5.56 Å². The summed E-state index contributed by atoms with van der Waals surface area (Å²) >= 11 is 0. The van der Waals surface area contributed by atoms with Crippen molar-refractivity contribution < 1.29 is 9.15 Å². The molecule has 0 bridgehead atoms. The molecular formula is C15H26N2O2. The van der Waals surface area contributed by atoms with Crippen molar-refractivity contribution in [3.8, 4) is 0 Å². The van der Waals surface area contributed by atoms with Crippen LogP contribution in [0.4, 0.5) is 0 Å². The summed E-state index contributed by atoms with van der Waals surface area (Å²) in [5, 5.41) is 3.41. The third kappa shape index (κ3) is 6.05. The van der Waals surface area contributed by atoms with E-state index in [1.807, 2.05) is 12.1 Å². The van der Waals surface area contributed by atoms with Crippen molar-refractivity contribution >= 4 is 0 Å². The third-order valence-electron chi connectivity index (χ3n) is 2.90. The maximum absolute atomic E-state index is 5.60. The second kappa shape index (κ2) is 8.91. The van der Waals surface area contributed by atoms with Crippen LogP contribution in [0.1, 0.15) is 25.2 Å². The smallest absolute Gasteiger partial charge is 0.122 e. The highest BCUT2D eigenvalue weighted by Gasteiger charge is 2.11. The molecular weight excluding hydrogens is 240 g/mol. The van der Waals surface area contributed by atoms with E-state index in [9.17, 15) is 0 Å². The van der Waals surface area contributed by atoms with E-state index in [0.717, 1.165) is 31.9 Å². The molecule has 1 N–H and O–H groups in total. The quantitative estimate of drug-likeness (QED) is 0.660. The zero-order chi connectivity index (χ0) is 14.1. The summed E-state index contributed by atoms with van der Waals surface area (Å²) in [6, 6.07) is 2.51. The van der Waals surface area contributed by atoms with Crippen LogP contribution in [0.3, 0.4) is 0 Å². The Morgan fingerprint density at radius 2 is 2.32 bits per heavy atom. The lowest BCUT2D eigenvalue weighted by atomic mass is 10.2. The van der Waals surface area contributed by atoms with Gasteiger partial charge in [0.05, 0.1) is 19.4 Å². The van der Waals surface area contributed by atoms with Gasteiger partial charge in [0.25, 0.3) is 0 Å². The molecule has 108 valence electrons. The lowest BCUT2D eigenvalue weighted by Gasteiger charge is -2.19. The van der Waals surface area contributed by atoms with E-state index in [2.05, 4.69) is 30.6 Å². The van der Waals surface area contributed by atoms with Crippen LogP contribution in [-0.2, 0) is 17.8 Å². The molecule has 0 spiro atoms. The highest BCUT2D eigenvalue weighted by Crippen LogP contribution is 2.13. The van der Waals surface area contributed by atoms with Crippen LogP contribution < -0.4 is 5.32 Å². The van der Waals surface area contributed by atoms with Crippen LogP contribution in [0.5, 0.6) is 0 Å². The van der Waals surface area contributed by atoms with Gasteiger partial charge in [-0.3, -0.25) is 4.90 Å². The van der Waals surface area contributed by atoms with Gasteiger partial charge in [0, 0.05) is 38.3 Å². The Hall–Kier alpha value is -1.10. The molecule has 4 heteroatoms. The maximum atomic E-state index is 5.60. The maximum Gasteiger partial charge on any atom is 0.122 e. The third-order valence-corrected chi connectivity index (χ3v) is 2.90. The summed E-state index contributed by atoms with van der Waals surface area (Å²) in [6.07, 6.45) is 3.67. The Labute approximate surface area is 116 Å². The number of nitrogens with zero attached hydrogens (tertiary/aromatic N) is 1. The van der Waals surface area contributed by atoms with Crippen LogP contribution in [0.15, 0.2) is 29.4 Å². The molecule has 0 amide bonds. The van der Waals surface area contributed by atoms with E-state index in [-0.39, 0.29) is 0 Å². The van der Waals surface area contributed by atoms with E-state index < -0.39 is 0 Å². The number of nitrogens with one attached hydrogen (secondary N) is 1. The van der Waals surface area contributed by atoms with Gasteiger partial charge in [-0.15, -0.1) is 6.58 Å². The van der Waals surface area contributed by atoms with Crippen LogP contribution >= 0.6 is 0 Å². The molecule has 19 heavy (non-hydrogen) atoms. The zero-order valence-electron chi connectivity index (χ0n) is 12.3. The van der Waals surface area contributed by atoms with Gasteiger partial charge in [-0.1, -0.05) is 19.9 Å². The van der Waals surface area contributed by atoms with Crippen molar-refractivity contribution in [2.75, 3.05) is 26.8 Å². The Morgan fingerprint density at radius 1 is 1.53 bits per heavy atom. The second-order valence-corrected chi connectivity index (χ2v) is 4.92. The van der Waals surface area contributed by atoms with Crippen molar-refractivity contribution in [3.63, 3.8) is 0 Å². The number of rotatable bonds is 10. The monoisotopic (exact) mass is 266 g/mol. The minimum Gasteiger partial charge on any atom is -0.468 e. The fourth-order valence-corrected chi connectivity index (χ4v) is 1.82. The first-order valence-electron chi connectivity index (χ1n) is 6.78. The SMILES string of the molecule is C=CCN(CCOC)Cc1occc1CNC(C)C. The van der Waals surface area contributed by atoms with E-state index in [4.69, 9.17) is 9.15 Å². The number of hydrogen-bond donors (Lipinski definition) is 1. The molecule has 0 unspecified atom stereocenters. The standard InChI is InChI=1S/C15H26N2O2/c1-5-7-17(8-10-18-4)12-15-14(6-9-19-15)11-16-13(2)3/h5-6,9,13,16H,1,7-8,10-12H2,2-4H3. The minimum absolute atomic E-state index is 0.473. The van der Waals surface area contributed by atoms with Crippen molar-refractivity contribution in [3.05, 3.63) is 36.3 Å².